The number of unbranched alkanes of at least 4 members (excludes halogenated alkanes) is 20. The molecule has 0 aromatic carbocycles. The molecule has 0 N–H and O–H groups in total. The van der Waals surface area contributed by atoms with Gasteiger partial charge in [0.05, 0.1) is 0 Å². The monoisotopic (exact) mass is 1140 g/mol. The molecule has 466 valence electrons. The lowest BCUT2D eigenvalue weighted by molar-refractivity contribution is -0.166. The Morgan fingerprint density at radius 2 is 0.494 bits per heavy atom. The summed E-state index contributed by atoms with van der Waals surface area (Å²) in [5, 5.41) is 0. The lowest BCUT2D eigenvalue weighted by Crippen LogP contribution is -2.30. The van der Waals surface area contributed by atoms with Crippen molar-refractivity contribution >= 4 is 17.9 Å². The van der Waals surface area contributed by atoms with Crippen molar-refractivity contribution in [2.75, 3.05) is 13.2 Å². The van der Waals surface area contributed by atoms with Crippen molar-refractivity contribution < 1.29 is 28.6 Å². The Labute approximate surface area is 511 Å². The highest BCUT2D eigenvalue weighted by Crippen LogP contribution is 2.16. The Hall–Kier alpha value is -5.23. The van der Waals surface area contributed by atoms with E-state index in [4.69, 9.17) is 14.2 Å². The van der Waals surface area contributed by atoms with Gasteiger partial charge in [0, 0.05) is 19.3 Å². The summed E-state index contributed by atoms with van der Waals surface area (Å²) in [5.41, 5.74) is 0. The molecule has 1 unspecified atom stereocenters. The van der Waals surface area contributed by atoms with Gasteiger partial charge in [-0.15, -0.1) is 0 Å². The highest BCUT2D eigenvalue weighted by Gasteiger charge is 2.19. The zero-order chi connectivity index (χ0) is 59.9. The quantitative estimate of drug-likeness (QED) is 0.0261. The maximum absolute atomic E-state index is 12.9. The van der Waals surface area contributed by atoms with Crippen LogP contribution in [0.25, 0.3) is 0 Å². The van der Waals surface area contributed by atoms with Gasteiger partial charge in [-0.2, -0.15) is 0 Å². The first-order valence-electron chi connectivity index (χ1n) is 33.6. The van der Waals surface area contributed by atoms with Gasteiger partial charge in [0.25, 0.3) is 0 Å². The Morgan fingerprint density at radius 1 is 0.253 bits per heavy atom. The van der Waals surface area contributed by atoms with Crippen molar-refractivity contribution in [3.05, 3.63) is 170 Å². The molecule has 0 radical (unpaired) electrons. The number of ether oxygens (including phenoxy) is 3. The molecule has 0 saturated carbocycles. The Balaban J connectivity index is 4.57. The van der Waals surface area contributed by atoms with E-state index in [0.717, 1.165) is 122 Å². The van der Waals surface area contributed by atoms with E-state index in [-0.39, 0.29) is 38.0 Å². The summed E-state index contributed by atoms with van der Waals surface area (Å²) >= 11 is 0. The number of allylic oxidation sites excluding steroid dienone is 28. The number of carbonyl (C=O) groups excluding carboxylic acids is 3. The molecule has 0 aliphatic heterocycles. The normalized spacial score (nSPS) is 13.2. The van der Waals surface area contributed by atoms with Gasteiger partial charge in [-0.3, -0.25) is 14.4 Å². The maximum Gasteiger partial charge on any atom is 0.306 e. The number of esters is 3. The van der Waals surface area contributed by atoms with Crippen LogP contribution in [0, 0.1) is 0 Å². The third kappa shape index (κ3) is 67.4. The van der Waals surface area contributed by atoms with Crippen molar-refractivity contribution in [3.63, 3.8) is 0 Å². The molecule has 0 rings (SSSR count). The number of rotatable bonds is 59. The molecule has 0 fully saturated rings. The Morgan fingerprint density at radius 3 is 0.783 bits per heavy atom. The molecule has 0 aliphatic rings. The molecule has 0 aliphatic carbocycles. The van der Waals surface area contributed by atoms with Crippen LogP contribution in [-0.4, -0.2) is 37.2 Å². The highest BCUT2D eigenvalue weighted by molar-refractivity contribution is 5.71. The average Bonchev–Trinajstić information content (AvgIpc) is 3.50. The van der Waals surface area contributed by atoms with E-state index in [9.17, 15) is 14.4 Å². The van der Waals surface area contributed by atoms with Crippen LogP contribution >= 0.6 is 0 Å². The third-order valence-electron chi connectivity index (χ3n) is 13.7. The lowest BCUT2D eigenvalue weighted by atomic mass is 10.0. The van der Waals surface area contributed by atoms with Crippen LogP contribution in [0.4, 0.5) is 0 Å². The first kappa shape index (κ1) is 77.8. The largest absolute Gasteiger partial charge is 0.462 e. The Bertz CT molecular complexity index is 1890. The van der Waals surface area contributed by atoms with Crippen LogP contribution < -0.4 is 0 Å². The molecular formula is C77H122O6. The van der Waals surface area contributed by atoms with Crippen LogP contribution in [0.1, 0.15) is 278 Å². The molecule has 0 saturated heterocycles. The molecule has 1 atom stereocenters. The van der Waals surface area contributed by atoms with Gasteiger partial charge >= 0.3 is 17.9 Å². The second-order valence-corrected chi connectivity index (χ2v) is 21.6. The zero-order valence-electron chi connectivity index (χ0n) is 53.4. The summed E-state index contributed by atoms with van der Waals surface area (Å²) in [5.74, 6) is -1.06. The first-order chi connectivity index (χ1) is 41.0. The smallest absolute Gasteiger partial charge is 0.306 e. The second-order valence-electron chi connectivity index (χ2n) is 21.6. The summed E-state index contributed by atoms with van der Waals surface area (Å²) in [4.78, 5) is 38.4. The van der Waals surface area contributed by atoms with Crippen molar-refractivity contribution in [2.45, 2.75) is 284 Å². The molecule has 83 heavy (non-hydrogen) atoms. The van der Waals surface area contributed by atoms with E-state index >= 15 is 0 Å². The zero-order valence-corrected chi connectivity index (χ0v) is 53.4. The van der Waals surface area contributed by atoms with E-state index in [1.807, 2.05) is 12.2 Å². The van der Waals surface area contributed by atoms with E-state index in [1.54, 1.807) is 0 Å². The minimum absolute atomic E-state index is 0.127. The summed E-state index contributed by atoms with van der Waals surface area (Å²) in [6.07, 6.45) is 102. The van der Waals surface area contributed by atoms with E-state index < -0.39 is 12.1 Å². The summed E-state index contributed by atoms with van der Waals surface area (Å²) < 4.78 is 16.8. The number of hydrogen-bond donors (Lipinski definition) is 0. The van der Waals surface area contributed by atoms with Gasteiger partial charge in [0.1, 0.15) is 13.2 Å². The fraction of sp³-hybridized carbons (Fsp3) is 0.597. The predicted octanol–water partition coefficient (Wildman–Crippen LogP) is 23.4. The predicted molar refractivity (Wildman–Crippen MR) is 361 cm³/mol. The summed E-state index contributed by atoms with van der Waals surface area (Å²) in [7, 11) is 0. The SMILES string of the molecule is CC/C=C\C/C=C\C/C=C\C/C=C\C/C=C\C/C=C\C/C=C\C/C=C\CCCCC(=O)OCC(COC(=O)CCCCCCCCCCCCCCCCCCCCC)OC(=O)CC/C=C\C/C=C\C/C=C\C/C=C\C/C=C\C/C=C\CC. The van der Waals surface area contributed by atoms with E-state index in [2.05, 4.69) is 179 Å². The van der Waals surface area contributed by atoms with Gasteiger partial charge in [-0.25, -0.2) is 0 Å². The molecule has 0 bridgehead atoms. The lowest BCUT2D eigenvalue weighted by Gasteiger charge is -2.18. The van der Waals surface area contributed by atoms with Crippen LogP contribution in [0.5, 0.6) is 0 Å². The second kappa shape index (κ2) is 69.3. The van der Waals surface area contributed by atoms with Crippen molar-refractivity contribution in [1.29, 1.82) is 0 Å². The number of hydrogen-bond acceptors (Lipinski definition) is 6. The van der Waals surface area contributed by atoms with Crippen molar-refractivity contribution in [2.24, 2.45) is 0 Å². The van der Waals surface area contributed by atoms with Gasteiger partial charge in [-0.05, 0) is 122 Å². The molecule has 0 heterocycles. The van der Waals surface area contributed by atoms with Crippen molar-refractivity contribution in [1.82, 2.24) is 0 Å². The highest BCUT2D eigenvalue weighted by atomic mass is 16.6. The molecule has 0 aromatic heterocycles. The van der Waals surface area contributed by atoms with Gasteiger partial charge < -0.3 is 14.2 Å². The van der Waals surface area contributed by atoms with Crippen LogP contribution in [0.3, 0.4) is 0 Å². The van der Waals surface area contributed by atoms with Gasteiger partial charge in [-0.1, -0.05) is 306 Å². The van der Waals surface area contributed by atoms with E-state index in [1.165, 1.54) is 103 Å². The minimum Gasteiger partial charge on any atom is -0.462 e. The topological polar surface area (TPSA) is 78.9 Å². The van der Waals surface area contributed by atoms with E-state index in [0.29, 0.717) is 19.3 Å². The van der Waals surface area contributed by atoms with Crippen LogP contribution in [0.2, 0.25) is 0 Å². The molecule has 6 nitrogen and oxygen atoms in total. The Kier molecular flexibility index (Phi) is 64.9. The third-order valence-corrected chi connectivity index (χ3v) is 13.7. The molecule has 6 heteroatoms. The maximum atomic E-state index is 12.9. The van der Waals surface area contributed by atoms with Gasteiger partial charge in [0.15, 0.2) is 6.10 Å². The van der Waals surface area contributed by atoms with Crippen LogP contribution in [-0.2, 0) is 28.6 Å². The first-order valence-corrected chi connectivity index (χ1v) is 33.6. The van der Waals surface area contributed by atoms with Crippen LogP contribution in [0.15, 0.2) is 170 Å². The standard InChI is InChI=1S/C77H122O6/c1-4-7-10-13-16-19-22-25-28-31-34-35-36-37-38-39-40-41-44-46-49-52-55-58-61-64-67-70-76(79)82-73-74(83-77(80)71-68-65-62-59-56-53-50-47-43-33-30-27-24-21-18-15-12-9-6-3)72-81-75(78)69-66-63-60-57-54-51-48-45-42-32-29-26-23-20-17-14-11-8-5-2/h7,9-10,12,16,18-19,21,25,27-28,30,34-35,37-38,40-41,43,46-47,49,53,55-56,58,62,65,74H,4-6,8,11,13-15,17,20,22-24,26,29,31-33,36,39,42,44-45,48,50-52,54,57,59-61,63-64,66-73H2,1-3H3/b10-7-,12-9-,19-16-,21-18-,28-25-,30-27-,35-34-,38-37-,41-40-,47-43-,49-46-,56-53-,58-55-,65-62-. The minimum atomic E-state index is -0.846. The fourth-order valence-electron chi connectivity index (χ4n) is 8.78. The number of carbonyl (C=O) groups is 3. The summed E-state index contributed by atoms with van der Waals surface area (Å²) in [6, 6.07) is 0. The summed E-state index contributed by atoms with van der Waals surface area (Å²) in [6.45, 7) is 6.33. The average molecular weight is 1140 g/mol. The van der Waals surface area contributed by atoms with Crippen molar-refractivity contribution in [3.8, 4) is 0 Å². The molecule has 0 spiro atoms. The molecular weight excluding hydrogens is 1020 g/mol. The molecule has 0 aromatic rings. The fourth-order valence-corrected chi connectivity index (χ4v) is 8.78. The molecule has 0 amide bonds. The van der Waals surface area contributed by atoms with Gasteiger partial charge in [0.2, 0.25) is 0 Å².